The van der Waals surface area contributed by atoms with Gasteiger partial charge in [0.2, 0.25) is 0 Å². The summed E-state index contributed by atoms with van der Waals surface area (Å²) >= 11 is 6.18. The molecule has 0 saturated carbocycles. The van der Waals surface area contributed by atoms with Gasteiger partial charge in [0.1, 0.15) is 0 Å². The minimum absolute atomic E-state index is 0.0717. The Morgan fingerprint density at radius 3 is 2.59 bits per heavy atom. The van der Waals surface area contributed by atoms with Crippen molar-refractivity contribution in [1.29, 1.82) is 0 Å². The zero-order chi connectivity index (χ0) is 11.9. The highest BCUT2D eigenvalue weighted by atomic mass is 32.1. The van der Waals surface area contributed by atoms with E-state index in [1.165, 1.54) is 5.56 Å². The Labute approximate surface area is 111 Å². The van der Waals surface area contributed by atoms with Crippen molar-refractivity contribution >= 4 is 31.1 Å². The molecule has 1 nitrogen and oxygen atoms in total. The molecule has 1 aromatic heterocycles. The molecule has 1 aromatic carbocycles. The van der Waals surface area contributed by atoms with Gasteiger partial charge in [-0.1, -0.05) is 18.2 Å². The van der Waals surface area contributed by atoms with E-state index in [1.807, 2.05) is 18.2 Å². The van der Waals surface area contributed by atoms with Crippen molar-refractivity contribution in [3.63, 3.8) is 0 Å². The minimum atomic E-state index is -2.01. The second-order valence-corrected chi connectivity index (χ2v) is 9.00. The van der Waals surface area contributed by atoms with E-state index in [0.717, 1.165) is 22.8 Å². The molecule has 0 aliphatic carbocycles. The predicted molar refractivity (Wildman–Crippen MR) is 77.2 cm³/mol. The lowest BCUT2D eigenvalue weighted by Crippen LogP contribution is -1.97. The summed E-state index contributed by atoms with van der Waals surface area (Å²) in [4.78, 5) is 0.950. The molecule has 0 bridgehead atoms. The maximum atomic E-state index is 12.6. The number of rotatable bonds is 3. The summed E-state index contributed by atoms with van der Waals surface area (Å²) in [5, 5.41) is 4.17. The minimum Gasteiger partial charge on any atom is -0.323 e. The summed E-state index contributed by atoms with van der Waals surface area (Å²) in [6.45, 7) is 0. The van der Waals surface area contributed by atoms with Crippen molar-refractivity contribution in [2.24, 2.45) is 0 Å². The van der Waals surface area contributed by atoms with Crippen LogP contribution in [0.25, 0.3) is 0 Å². The van der Waals surface area contributed by atoms with Crippen LogP contribution in [0.15, 0.2) is 46.0 Å². The van der Waals surface area contributed by atoms with Crippen LogP contribution in [0.2, 0.25) is 0 Å². The Bertz CT molecular complexity index is 569. The molecule has 1 atom stereocenters. The van der Waals surface area contributed by atoms with Crippen LogP contribution < -0.4 is 0 Å². The van der Waals surface area contributed by atoms with Crippen LogP contribution in [0.1, 0.15) is 16.8 Å². The fourth-order valence-corrected chi connectivity index (χ4v) is 6.13. The summed E-state index contributed by atoms with van der Waals surface area (Å²) in [6.07, 6.45) is 1.77. The number of thiol groups is 1. The maximum absolute atomic E-state index is 12.6. The molecule has 0 N–H and O–H groups in total. The summed E-state index contributed by atoms with van der Waals surface area (Å²) in [7, 11) is -2.01. The second-order valence-electron chi connectivity index (χ2n) is 4.42. The van der Waals surface area contributed by atoms with Gasteiger partial charge in [-0.05, 0) is 34.0 Å². The molecule has 4 heteroatoms. The lowest BCUT2D eigenvalue weighted by Gasteiger charge is -2.17. The third-order valence-corrected chi connectivity index (χ3v) is 7.18. The van der Waals surface area contributed by atoms with Crippen molar-refractivity contribution in [3.8, 4) is 0 Å². The predicted octanol–water partition coefficient (Wildman–Crippen LogP) is 4.50. The second kappa shape index (κ2) is 4.31. The molecule has 1 aliphatic heterocycles. The monoisotopic (exact) mass is 280 g/mol. The van der Waals surface area contributed by atoms with E-state index in [4.69, 9.17) is 0 Å². The van der Waals surface area contributed by atoms with Crippen LogP contribution in [-0.2, 0) is 4.57 Å². The van der Waals surface area contributed by atoms with E-state index in [0.29, 0.717) is 0 Å². The number of hydrogen-bond donors (Lipinski definition) is 1. The molecule has 1 saturated heterocycles. The number of hydrogen-bond acceptors (Lipinski definition) is 3. The van der Waals surface area contributed by atoms with Crippen LogP contribution in [0.3, 0.4) is 0 Å². The van der Waals surface area contributed by atoms with Crippen molar-refractivity contribution < 1.29 is 4.57 Å². The molecule has 2 heterocycles. The molecule has 1 fully saturated rings. The van der Waals surface area contributed by atoms with Gasteiger partial charge in [-0.15, -0.1) is 12.6 Å². The third-order valence-electron chi connectivity index (χ3n) is 3.23. The third kappa shape index (κ3) is 2.12. The van der Waals surface area contributed by atoms with Crippen LogP contribution >= 0.6 is 31.1 Å². The molecular formula is C13H13OPS2. The summed E-state index contributed by atoms with van der Waals surface area (Å²) < 4.78 is 12.6. The van der Waals surface area contributed by atoms with Gasteiger partial charge in [-0.2, -0.15) is 11.3 Å². The first-order valence-electron chi connectivity index (χ1n) is 5.58. The van der Waals surface area contributed by atoms with Crippen molar-refractivity contribution in [2.75, 3.05) is 12.3 Å². The lowest BCUT2D eigenvalue weighted by molar-refractivity contribution is 0.583. The first-order valence-corrected chi connectivity index (χ1v) is 9.12. The van der Waals surface area contributed by atoms with E-state index in [1.54, 1.807) is 11.3 Å². The smallest absolute Gasteiger partial charge is 0.1000 e. The van der Waals surface area contributed by atoms with Gasteiger partial charge in [0.15, 0.2) is 0 Å². The molecule has 2 aromatic rings. The van der Waals surface area contributed by atoms with Crippen molar-refractivity contribution in [1.82, 2.24) is 0 Å². The average Bonchev–Trinajstić information content (AvgIpc) is 2.85. The van der Waals surface area contributed by atoms with Gasteiger partial charge in [0, 0.05) is 17.2 Å². The molecule has 88 valence electrons. The van der Waals surface area contributed by atoms with Crippen LogP contribution in [-0.4, -0.2) is 12.3 Å². The molecule has 1 aliphatic rings. The first kappa shape index (κ1) is 11.6. The zero-order valence-electron chi connectivity index (χ0n) is 9.24. The molecule has 0 amide bonds. The first-order chi connectivity index (χ1) is 8.21. The van der Waals surface area contributed by atoms with Gasteiger partial charge < -0.3 is 4.57 Å². The van der Waals surface area contributed by atoms with Crippen LogP contribution in [0, 0.1) is 0 Å². The van der Waals surface area contributed by atoms with Crippen LogP contribution in [0.4, 0.5) is 0 Å². The molecule has 3 rings (SSSR count). The van der Waals surface area contributed by atoms with E-state index in [2.05, 4.69) is 35.5 Å². The summed E-state index contributed by atoms with van der Waals surface area (Å²) in [5.41, 5.74) is 2.38. The van der Waals surface area contributed by atoms with Gasteiger partial charge in [-0.3, -0.25) is 0 Å². The highest BCUT2D eigenvalue weighted by Gasteiger charge is 2.46. The Morgan fingerprint density at radius 1 is 1.24 bits per heavy atom. The van der Waals surface area contributed by atoms with Gasteiger partial charge in [0.25, 0.3) is 0 Å². The molecular weight excluding hydrogens is 267 g/mol. The SMILES string of the molecule is O=P1(C(c2ccsc2)c2ccccc2S)CC1. The summed E-state index contributed by atoms with van der Waals surface area (Å²) in [6, 6.07) is 10.1. The molecule has 0 radical (unpaired) electrons. The molecule has 0 spiro atoms. The van der Waals surface area contributed by atoms with E-state index in [9.17, 15) is 4.57 Å². The van der Waals surface area contributed by atoms with E-state index in [-0.39, 0.29) is 5.66 Å². The highest BCUT2D eigenvalue weighted by Crippen LogP contribution is 2.72. The average molecular weight is 280 g/mol. The zero-order valence-corrected chi connectivity index (χ0v) is 11.8. The Kier molecular flexibility index (Phi) is 2.94. The quantitative estimate of drug-likeness (QED) is 0.647. The van der Waals surface area contributed by atoms with Gasteiger partial charge in [-0.25, -0.2) is 0 Å². The molecule has 1 unspecified atom stereocenters. The fraction of sp³-hybridized carbons (Fsp3) is 0.231. The summed E-state index contributed by atoms with van der Waals surface area (Å²) in [5.74, 6) is 0. The normalized spacial score (nSPS) is 18.9. The molecule has 17 heavy (non-hydrogen) atoms. The highest BCUT2D eigenvalue weighted by molar-refractivity contribution is 7.80. The van der Waals surface area contributed by atoms with Crippen molar-refractivity contribution in [3.05, 3.63) is 52.2 Å². The van der Waals surface area contributed by atoms with E-state index < -0.39 is 7.14 Å². The lowest BCUT2D eigenvalue weighted by atomic mass is 10.1. The maximum Gasteiger partial charge on any atom is 0.1000 e. The van der Waals surface area contributed by atoms with Gasteiger partial charge in [0.05, 0.1) is 12.8 Å². The topological polar surface area (TPSA) is 17.1 Å². The Morgan fingerprint density at radius 2 is 2.00 bits per heavy atom. The fourth-order valence-electron chi connectivity index (χ4n) is 2.21. The number of benzene rings is 1. The van der Waals surface area contributed by atoms with Crippen LogP contribution in [0.5, 0.6) is 0 Å². The number of thiophene rings is 1. The van der Waals surface area contributed by atoms with Gasteiger partial charge >= 0.3 is 0 Å². The van der Waals surface area contributed by atoms with E-state index >= 15 is 0 Å². The Hall–Kier alpha value is -0.500. The largest absolute Gasteiger partial charge is 0.323 e. The van der Waals surface area contributed by atoms with Crippen molar-refractivity contribution in [2.45, 2.75) is 10.6 Å². The Balaban J connectivity index is 2.13. The standard InChI is InChI=1S/C13H13OPS2/c14-15(6-7-15)13(10-5-8-17-9-10)11-3-1-2-4-12(11)16/h1-5,8-9,13,16H,6-7H2.